The van der Waals surface area contributed by atoms with Gasteiger partial charge in [0.2, 0.25) is 0 Å². The van der Waals surface area contributed by atoms with Crippen molar-refractivity contribution >= 4 is 12.0 Å². The maximum atomic E-state index is 11.7. The summed E-state index contributed by atoms with van der Waals surface area (Å²) >= 11 is 0. The van der Waals surface area contributed by atoms with Crippen molar-refractivity contribution in [3.63, 3.8) is 0 Å². The van der Waals surface area contributed by atoms with Crippen molar-refractivity contribution < 1.29 is 14.7 Å². The Balaban J connectivity index is 1.60. The number of hydrogen-bond acceptors (Lipinski definition) is 3. The predicted octanol–water partition coefficient (Wildman–Crippen LogP) is 1.20. The molecule has 0 aromatic carbocycles. The fraction of sp³-hybridized carbons (Fsp3) is 0.643. The summed E-state index contributed by atoms with van der Waals surface area (Å²) in [4.78, 5) is 22.6. The molecule has 7 nitrogen and oxygen atoms in total. The van der Waals surface area contributed by atoms with Crippen LogP contribution in [0.15, 0.2) is 6.20 Å². The average Bonchev–Trinajstić information content (AvgIpc) is 3.04. The summed E-state index contributed by atoms with van der Waals surface area (Å²) in [5.74, 6) is -1.09. The lowest BCUT2D eigenvalue weighted by Gasteiger charge is -2.13. The summed E-state index contributed by atoms with van der Waals surface area (Å²) in [5, 5.41) is 21.4. The molecule has 1 saturated carbocycles. The Bertz CT molecular complexity index is 500. The number of aryl methyl sites for hydroxylation is 2. The number of amides is 2. The van der Waals surface area contributed by atoms with Crippen molar-refractivity contribution in [2.24, 2.45) is 5.92 Å². The Kier molecular flexibility index (Phi) is 5.19. The molecular weight excluding hydrogens is 272 g/mol. The first-order valence-corrected chi connectivity index (χ1v) is 7.32. The van der Waals surface area contributed by atoms with Crippen LogP contribution in [0.4, 0.5) is 4.79 Å². The molecule has 1 aromatic rings. The number of aliphatic carboxylic acids is 1. The van der Waals surface area contributed by atoms with Gasteiger partial charge < -0.3 is 15.7 Å². The second-order valence-corrected chi connectivity index (χ2v) is 5.57. The van der Waals surface area contributed by atoms with Crippen molar-refractivity contribution in [3.05, 3.63) is 17.5 Å². The Morgan fingerprint density at radius 3 is 2.90 bits per heavy atom. The van der Waals surface area contributed by atoms with Crippen molar-refractivity contribution in [1.29, 1.82) is 0 Å². The number of carbonyl (C=O) groups is 2. The molecule has 2 amide bonds. The molecule has 116 valence electrons. The summed E-state index contributed by atoms with van der Waals surface area (Å²) in [6, 6.07) is -0.239. The van der Waals surface area contributed by atoms with Crippen molar-refractivity contribution in [3.8, 4) is 0 Å². The van der Waals surface area contributed by atoms with Crippen LogP contribution in [0.3, 0.4) is 0 Å². The SMILES string of the molecule is Cc1[nH]ncc1CCCNC(=O)NC1CCC(C(=O)O)C1. The Morgan fingerprint density at radius 2 is 2.29 bits per heavy atom. The van der Waals surface area contributed by atoms with E-state index >= 15 is 0 Å². The van der Waals surface area contributed by atoms with Gasteiger partial charge in [0.1, 0.15) is 0 Å². The van der Waals surface area contributed by atoms with E-state index in [0.717, 1.165) is 30.5 Å². The van der Waals surface area contributed by atoms with Gasteiger partial charge in [0.05, 0.1) is 12.1 Å². The highest BCUT2D eigenvalue weighted by Crippen LogP contribution is 2.25. The maximum Gasteiger partial charge on any atom is 0.315 e. The van der Waals surface area contributed by atoms with E-state index in [9.17, 15) is 9.59 Å². The van der Waals surface area contributed by atoms with Crippen LogP contribution in [0.5, 0.6) is 0 Å². The van der Waals surface area contributed by atoms with Crippen molar-refractivity contribution in [2.75, 3.05) is 6.54 Å². The van der Waals surface area contributed by atoms with Gasteiger partial charge in [-0.15, -0.1) is 0 Å². The van der Waals surface area contributed by atoms with Gasteiger partial charge in [-0.1, -0.05) is 0 Å². The number of carboxylic acid groups (broad SMARTS) is 1. The zero-order valence-corrected chi connectivity index (χ0v) is 12.2. The number of hydrogen-bond donors (Lipinski definition) is 4. The lowest BCUT2D eigenvalue weighted by Crippen LogP contribution is -2.41. The van der Waals surface area contributed by atoms with Crippen LogP contribution in [-0.2, 0) is 11.2 Å². The predicted molar refractivity (Wildman–Crippen MR) is 76.9 cm³/mol. The molecule has 1 aliphatic carbocycles. The van der Waals surface area contributed by atoms with E-state index < -0.39 is 5.97 Å². The van der Waals surface area contributed by atoms with Crippen LogP contribution in [0.25, 0.3) is 0 Å². The highest BCUT2D eigenvalue weighted by atomic mass is 16.4. The fourth-order valence-electron chi connectivity index (χ4n) is 2.68. The third-order valence-corrected chi connectivity index (χ3v) is 3.96. The van der Waals surface area contributed by atoms with Gasteiger partial charge in [0, 0.05) is 18.3 Å². The number of rotatable bonds is 6. The Hall–Kier alpha value is -2.05. The second-order valence-electron chi connectivity index (χ2n) is 5.57. The van der Waals surface area contributed by atoms with Gasteiger partial charge >= 0.3 is 12.0 Å². The molecule has 4 N–H and O–H groups in total. The molecule has 1 heterocycles. The number of nitrogens with one attached hydrogen (secondary N) is 3. The molecule has 0 bridgehead atoms. The van der Waals surface area contributed by atoms with Gasteiger partial charge in [-0.3, -0.25) is 9.89 Å². The normalized spacial score (nSPS) is 21.2. The molecule has 2 rings (SSSR count). The van der Waals surface area contributed by atoms with E-state index in [1.165, 1.54) is 0 Å². The molecule has 2 unspecified atom stereocenters. The number of urea groups is 1. The fourth-order valence-corrected chi connectivity index (χ4v) is 2.68. The number of nitrogens with zero attached hydrogens (tertiary/aromatic N) is 1. The lowest BCUT2D eigenvalue weighted by atomic mass is 10.1. The van der Waals surface area contributed by atoms with Crippen LogP contribution in [0.2, 0.25) is 0 Å². The number of carbonyl (C=O) groups excluding carboxylic acids is 1. The molecule has 7 heteroatoms. The summed E-state index contributed by atoms with van der Waals surface area (Å²) in [6.45, 7) is 2.56. The van der Waals surface area contributed by atoms with E-state index in [2.05, 4.69) is 20.8 Å². The lowest BCUT2D eigenvalue weighted by molar-refractivity contribution is -0.141. The molecule has 0 radical (unpaired) electrons. The van der Waals surface area contributed by atoms with Crippen LogP contribution < -0.4 is 10.6 Å². The third kappa shape index (κ3) is 4.47. The smallest absolute Gasteiger partial charge is 0.315 e. The quantitative estimate of drug-likeness (QED) is 0.591. The Labute approximate surface area is 123 Å². The van der Waals surface area contributed by atoms with Gasteiger partial charge in [0.15, 0.2) is 0 Å². The van der Waals surface area contributed by atoms with Crippen LogP contribution in [-0.4, -0.2) is 39.9 Å². The number of carboxylic acids is 1. The first kappa shape index (κ1) is 15.3. The molecule has 1 aliphatic rings. The van der Waals surface area contributed by atoms with E-state index in [1.54, 1.807) is 6.20 Å². The van der Waals surface area contributed by atoms with Crippen molar-refractivity contribution in [1.82, 2.24) is 20.8 Å². The van der Waals surface area contributed by atoms with Gasteiger partial charge in [-0.2, -0.15) is 5.10 Å². The average molecular weight is 294 g/mol. The molecule has 2 atom stereocenters. The highest BCUT2D eigenvalue weighted by Gasteiger charge is 2.30. The van der Waals surface area contributed by atoms with E-state index in [0.29, 0.717) is 19.4 Å². The number of H-pyrrole nitrogens is 1. The molecule has 1 fully saturated rings. The van der Waals surface area contributed by atoms with Crippen molar-refractivity contribution in [2.45, 2.75) is 45.1 Å². The molecule has 1 aromatic heterocycles. The summed E-state index contributed by atoms with van der Waals surface area (Å²) in [6.07, 6.45) is 5.42. The van der Waals surface area contributed by atoms with Crippen LogP contribution in [0.1, 0.15) is 36.9 Å². The third-order valence-electron chi connectivity index (χ3n) is 3.96. The van der Waals surface area contributed by atoms with E-state index in [-0.39, 0.29) is 18.0 Å². The topological polar surface area (TPSA) is 107 Å². The summed E-state index contributed by atoms with van der Waals surface area (Å²) < 4.78 is 0. The molecule has 0 aliphatic heterocycles. The monoisotopic (exact) mass is 294 g/mol. The summed E-state index contributed by atoms with van der Waals surface area (Å²) in [5.41, 5.74) is 2.22. The highest BCUT2D eigenvalue weighted by molar-refractivity contribution is 5.75. The standard InChI is InChI=1S/C14H22N4O3/c1-9-11(8-16-18-9)3-2-6-15-14(21)17-12-5-4-10(7-12)13(19)20/h8,10,12H,2-7H2,1H3,(H,16,18)(H,19,20)(H2,15,17,21). The van der Waals surface area contributed by atoms with Gasteiger partial charge in [-0.05, 0) is 44.6 Å². The molecule has 21 heavy (non-hydrogen) atoms. The maximum absolute atomic E-state index is 11.7. The minimum Gasteiger partial charge on any atom is -0.481 e. The van der Waals surface area contributed by atoms with Crippen LogP contribution in [0, 0.1) is 12.8 Å². The largest absolute Gasteiger partial charge is 0.481 e. The first-order chi connectivity index (χ1) is 10.1. The number of aromatic amines is 1. The summed E-state index contributed by atoms with van der Waals surface area (Å²) in [7, 11) is 0. The molecule has 0 saturated heterocycles. The van der Waals surface area contributed by atoms with Crippen LogP contribution >= 0.6 is 0 Å². The Morgan fingerprint density at radius 1 is 1.48 bits per heavy atom. The minimum atomic E-state index is -0.768. The first-order valence-electron chi connectivity index (χ1n) is 7.32. The molecular formula is C14H22N4O3. The zero-order chi connectivity index (χ0) is 15.2. The van der Waals surface area contributed by atoms with Gasteiger partial charge in [0.25, 0.3) is 0 Å². The number of aromatic nitrogens is 2. The second kappa shape index (κ2) is 7.10. The minimum absolute atomic E-state index is 0.0257. The van der Waals surface area contributed by atoms with E-state index in [4.69, 9.17) is 5.11 Å². The zero-order valence-electron chi connectivity index (χ0n) is 12.2. The van der Waals surface area contributed by atoms with Gasteiger partial charge in [-0.25, -0.2) is 4.79 Å². The molecule has 0 spiro atoms. The van der Waals surface area contributed by atoms with E-state index in [1.807, 2.05) is 6.92 Å².